The quantitative estimate of drug-likeness (QED) is 0.731. The molecular weight excluding hydrogens is 296 g/mol. The molecule has 1 unspecified atom stereocenters. The summed E-state index contributed by atoms with van der Waals surface area (Å²) in [5.74, 6) is 1.99. The van der Waals surface area contributed by atoms with Gasteiger partial charge in [-0.3, -0.25) is 4.57 Å². The van der Waals surface area contributed by atoms with E-state index in [0.717, 1.165) is 31.9 Å². The molecule has 1 saturated carbocycles. The number of rotatable bonds is 6. The van der Waals surface area contributed by atoms with E-state index in [1.807, 2.05) is 0 Å². The van der Waals surface area contributed by atoms with Gasteiger partial charge in [0.15, 0.2) is 11.5 Å². The molecule has 1 saturated heterocycles. The second kappa shape index (κ2) is 5.84. The number of anilines is 2. The van der Waals surface area contributed by atoms with Gasteiger partial charge >= 0.3 is 5.69 Å². The fourth-order valence-corrected chi connectivity index (χ4v) is 3.08. The van der Waals surface area contributed by atoms with Gasteiger partial charge in [0.25, 0.3) is 0 Å². The van der Waals surface area contributed by atoms with E-state index in [0.29, 0.717) is 42.0 Å². The smallest absolute Gasteiger partial charge is 0.327 e. The number of aromatic amines is 1. The van der Waals surface area contributed by atoms with Crippen molar-refractivity contribution in [2.75, 3.05) is 30.8 Å². The number of ether oxygens (including phenoxy) is 1. The minimum Gasteiger partial charge on any atom is -0.382 e. The Kier molecular flexibility index (Phi) is 3.68. The van der Waals surface area contributed by atoms with Gasteiger partial charge < -0.3 is 20.8 Å². The number of hydrogen-bond donors (Lipinski definition) is 3. The number of fused-ring (bicyclic) bond motifs is 1. The van der Waals surface area contributed by atoms with Crippen LogP contribution in [0.3, 0.4) is 0 Å². The molecule has 0 radical (unpaired) electrons. The number of H-pyrrole nitrogens is 1. The van der Waals surface area contributed by atoms with Crippen LogP contribution in [-0.2, 0) is 11.3 Å². The molecule has 1 atom stereocenters. The summed E-state index contributed by atoms with van der Waals surface area (Å²) >= 11 is 0. The van der Waals surface area contributed by atoms with Gasteiger partial charge in [0.05, 0.1) is 6.61 Å². The van der Waals surface area contributed by atoms with Crippen LogP contribution in [0.1, 0.15) is 25.7 Å². The molecule has 3 heterocycles. The fourth-order valence-electron chi connectivity index (χ4n) is 3.08. The lowest BCUT2D eigenvalue weighted by atomic mass is 10.1. The molecule has 4 N–H and O–H groups in total. The summed E-state index contributed by atoms with van der Waals surface area (Å²) in [4.78, 5) is 23.8. The van der Waals surface area contributed by atoms with Crippen molar-refractivity contribution in [1.82, 2.24) is 19.5 Å². The van der Waals surface area contributed by atoms with Gasteiger partial charge in [-0.2, -0.15) is 9.97 Å². The molecule has 8 heteroatoms. The molecule has 0 spiro atoms. The number of hydrogen-bond acceptors (Lipinski definition) is 6. The van der Waals surface area contributed by atoms with E-state index in [9.17, 15) is 4.79 Å². The maximum atomic E-state index is 12.2. The van der Waals surface area contributed by atoms with Crippen molar-refractivity contribution >= 4 is 22.9 Å². The van der Waals surface area contributed by atoms with Gasteiger partial charge in [-0.25, -0.2) is 4.79 Å². The molecule has 4 rings (SSSR count). The minimum atomic E-state index is -0.192. The van der Waals surface area contributed by atoms with Crippen molar-refractivity contribution in [3.63, 3.8) is 0 Å². The zero-order valence-corrected chi connectivity index (χ0v) is 13.0. The third-order valence-corrected chi connectivity index (χ3v) is 4.65. The van der Waals surface area contributed by atoms with Crippen LogP contribution in [0, 0.1) is 11.8 Å². The molecule has 1 aliphatic carbocycles. The average Bonchev–Trinajstić information content (AvgIpc) is 3.10. The van der Waals surface area contributed by atoms with E-state index in [2.05, 4.69) is 20.3 Å². The Hall–Kier alpha value is -2.09. The normalized spacial score (nSPS) is 21.1. The van der Waals surface area contributed by atoms with Crippen molar-refractivity contribution in [2.24, 2.45) is 11.8 Å². The number of nitrogens with zero attached hydrogens (tertiary/aromatic N) is 3. The van der Waals surface area contributed by atoms with E-state index < -0.39 is 0 Å². The maximum absolute atomic E-state index is 12.2. The van der Waals surface area contributed by atoms with Gasteiger partial charge in [0.1, 0.15) is 5.52 Å². The topological polar surface area (TPSA) is 111 Å². The highest BCUT2D eigenvalue weighted by Crippen LogP contribution is 2.32. The van der Waals surface area contributed by atoms with E-state index in [1.54, 1.807) is 4.57 Å². The van der Waals surface area contributed by atoms with Crippen molar-refractivity contribution in [1.29, 1.82) is 0 Å². The van der Waals surface area contributed by atoms with Crippen LogP contribution in [0.2, 0.25) is 0 Å². The Bertz CT molecular complexity index is 757. The van der Waals surface area contributed by atoms with Crippen LogP contribution >= 0.6 is 0 Å². The Balaban J connectivity index is 1.60. The third-order valence-electron chi connectivity index (χ3n) is 4.65. The van der Waals surface area contributed by atoms with Gasteiger partial charge in [-0.05, 0) is 18.8 Å². The summed E-state index contributed by atoms with van der Waals surface area (Å²) in [5.41, 5.74) is 6.89. The van der Waals surface area contributed by atoms with Crippen molar-refractivity contribution in [3.05, 3.63) is 10.5 Å². The first-order valence-electron chi connectivity index (χ1n) is 8.28. The lowest BCUT2D eigenvalue weighted by Gasteiger charge is -2.09. The largest absolute Gasteiger partial charge is 0.382 e. The maximum Gasteiger partial charge on any atom is 0.327 e. The predicted octanol–water partition coefficient (Wildman–Crippen LogP) is 0.950. The van der Waals surface area contributed by atoms with Crippen LogP contribution in [0.4, 0.5) is 11.8 Å². The lowest BCUT2D eigenvalue weighted by molar-refractivity contribution is 0.182. The van der Waals surface area contributed by atoms with Gasteiger partial charge in [-0.1, -0.05) is 12.8 Å². The number of nitrogens with two attached hydrogens (primary N) is 1. The molecule has 2 aromatic rings. The monoisotopic (exact) mass is 318 g/mol. The van der Waals surface area contributed by atoms with Gasteiger partial charge in [-0.15, -0.1) is 0 Å². The SMILES string of the molecule is Nc1nc(NCCC2CC2)nc2c1[nH]c(=O)n2CC1CCOC1. The van der Waals surface area contributed by atoms with Gasteiger partial charge in [0, 0.05) is 25.6 Å². The number of nitrogen functional groups attached to an aromatic ring is 1. The zero-order valence-electron chi connectivity index (χ0n) is 13.0. The summed E-state index contributed by atoms with van der Waals surface area (Å²) in [6, 6.07) is 0. The number of imidazole rings is 1. The fraction of sp³-hybridized carbons (Fsp3) is 0.667. The highest BCUT2D eigenvalue weighted by molar-refractivity contribution is 5.82. The molecule has 0 bridgehead atoms. The summed E-state index contributed by atoms with van der Waals surface area (Å²) in [7, 11) is 0. The van der Waals surface area contributed by atoms with Crippen LogP contribution in [-0.4, -0.2) is 39.3 Å². The molecule has 0 aromatic carbocycles. The Morgan fingerprint density at radius 1 is 1.30 bits per heavy atom. The predicted molar refractivity (Wildman–Crippen MR) is 87.3 cm³/mol. The molecule has 0 amide bonds. The standard InChI is InChI=1S/C15H22N6O2/c16-12-11-13(20-14(19-12)17-5-3-9-1-2-9)21(15(22)18-11)7-10-4-6-23-8-10/h9-10H,1-8H2,(H,18,22)(H3,16,17,19,20). The second-order valence-corrected chi connectivity index (χ2v) is 6.56. The van der Waals surface area contributed by atoms with E-state index in [4.69, 9.17) is 10.5 Å². The van der Waals surface area contributed by atoms with Crippen molar-refractivity contribution in [2.45, 2.75) is 32.2 Å². The van der Waals surface area contributed by atoms with Crippen molar-refractivity contribution < 1.29 is 4.74 Å². The first-order chi connectivity index (χ1) is 11.2. The van der Waals surface area contributed by atoms with Gasteiger partial charge in [0.2, 0.25) is 5.95 Å². The van der Waals surface area contributed by atoms with Crippen LogP contribution in [0.5, 0.6) is 0 Å². The molecule has 1 aliphatic heterocycles. The van der Waals surface area contributed by atoms with Crippen LogP contribution < -0.4 is 16.7 Å². The Morgan fingerprint density at radius 2 is 2.17 bits per heavy atom. The summed E-state index contributed by atoms with van der Waals surface area (Å²) in [5, 5.41) is 3.22. The molecule has 2 aliphatic rings. The average molecular weight is 318 g/mol. The van der Waals surface area contributed by atoms with Crippen molar-refractivity contribution in [3.8, 4) is 0 Å². The van der Waals surface area contributed by atoms with E-state index in [-0.39, 0.29) is 5.69 Å². The molecule has 23 heavy (non-hydrogen) atoms. The highest BCUT2D eigenvalue weighted by Gasteiger charge is 2.22. The summed E-state index contributed by atoms with van der Waals surface area (Å²) in [6.07, 6.45) is 4.74. The third kappa shape index (κ3) is 3.03. The number of aromatic nitrogens is 4. The molecule has 8 nitrogen and oxygen atoms in total. The molecule has 2 aromatic heterocycles. The zero-order chi connectivity index (χ0) is 15.8. The first kappa shape index (κ1) is 14.5. The molecule has 124 valence electrons. The molecular formula is C15H22N6O2. The lowest BCUT2D eigenvalue weighted by Crippen LogP contribution is -2.22. The van der Waals surface area contributed by atoms with E-state index >= 15 is 0 Å². The summed E-state index contributed by atoms with van der Waals surface area (Å²) in [6.45, 7) is 2.87. The number of nitrogens with one attached hydrogen (secondary N) is 2. The Labute approximate surface area is 133 Å². The van der Waals surface area contributed by atoms with Crippen LogP contribution in [0.25, 0.3) is 11.2 Å². The van der Waals surface area contributed by atoms with Crippen LogP contribution in [0.15, 0.2) is 4.79 Å². The second-order valence-electron chi connectivity index (χ2n) is 6.56. The molecule has 2 fully saturated rings. The Morgan fingerprint density at radius 3 is 2.91 bits per heavy atom. The van der Waals surface area contributed by atoms with E-state index in [1.165, 1.54) is 12.8 Å². The first-order valence-corrected chi connectivity index (χ1v) is 8.28. The minimum absolute atomic E-state index is 0.192. The summed E-state index contributed by atoms with van der Waals surface area (Å²) < 4.78 is 7.04. The highest BCUT2D eigenvalue weighted by atomic mass is 16.5.